The van der Waals surface area contributed by atoms with Crippen molar-refractivity contribution in [1.29, 1.82) is 0 Å². The largest absolute Gasteiger partial charge is 0.481 e. The van der Waals surface area contributed by atoms with E-state index in [1.54, 1.807) is 6.92 Å². The SMILES string of the molecule is CCCN(CCC(=O)O)C(=O)C(CC)(COC)NC(=O)OCC1c2ccccc2-c2ccccc21. The number of benzene rings is 2. The molecule has 2 aromatic carbocycles. The third-order valence-corrected chi connectivity index (χ3v) is 6.47. The molecule has 0 saturated carbocycles. The molecule has 35 heavy (non-hydrogen) atoms. The molecule has 1 aliphatic rings. The van der Waals surface area contributed by atoms with Crippen LogP contribution in [0.5, 0.6) is 0 Å². The highest BCUT2D eigenvalue weighted by Gasteiger charge is 2.42. The molecule has 2 aromatic rings. The zero-order valence-corrected chi connectivity index (χ0v) is 20.6. The van der Waals surface area contributed by atoms with E-state index in [0.717, 1.165) is 22.3 Å². The van der Waals surface area contributed by atoms with E-state index in [1.165, 1.54) is 12.0 Å². The van der Waals surface area contributed by atoms with Crippen LogP contribution in [0.3, 0.4) is 0 Å². The molecular weight excluding hydrogens is 448 g/mol. The summed E-state index contributed by atoms with van der Waals surface area (Å²) in [6.07, 6.45) is 0.0257. The fraction of sp³-hybridized carbons (Fsp3) is 0.444. The maximum Gasteiger partial charge on any atom is 0.408 e. The number of rotatable bonds is 12. The van der Waals surface area contributed by atoms with Gasteiger partial charge in [0, 0.05) is 26.1 Å². The van der Waals surface area contributed by atoms with E-state index in [0.29, 0.717) is 13.0 Å². The van der Waals surface area contributed by atoms with Gasteiger partial charge < -0.3 is 24.8 Å². The van der Waals surface area contributed by atoms with Gasteiger partial charge in [-0.3, -0.25) is 9.59 Å². The van der Waals surface area contributed by atoms with E-state index in [4.69, 9.17) is 14.6 Å². The molecule has 188 valence electrons. The third-order valence-electron chi connectivity index (χ3n) is 6.47. The maximum absolute atomic E-state index is 13.5. The van der Waals surface area contributed by atoms with E-state index in [9.17, 15) is 14.4 Å². The lowest BCUT2D eigenvalue weighted by atomic mass is 9.94. The van der Waals surface area contributed by atoms with E-state index in [1.807, 2.05) is 43.3 Å². The first-order valence-electron chi connectivity index (χ1n) is 12.0. The van der Waals surface area contributed by atoms with Gasteiger partial charge in [0.15, 0.2) is 0 Å². The van der Waals surface area contributed by atoms with Crippen LogP contribution in [0.15, 0.2) is 48.5 Å². The molecule has 0 aliphatic heterocycles. The topological polar surface area (TPSA) is 105 Å². The van der Waals surface area contributed by atoms with Gasteiger partial charge in [-0.05, 0) is 35.1 Å². The summed E-state index contributed by atoms with van der Waals surface area (Å²) < 4.78 is 11.0. The summed E-state index contributed by atoms with van der Waals surface area (Å²) in [6, 6.07) is 16.1. The van der Waals surface area contributed by atoms with Gasteiger partial charge in [0.2, 0.25) is 0 Å². The normalized spacial score (nSPS) is 13.9. The number of ether oxygens (including phenoxy) is 2. The molecule has 0 radical (unpaired) electrons. The van der Waals surface area contributed by atoms with Crippen LogP contribution < -0.4 is 5.32 Å². The van der Waals surface area contributed by atoms with E-state index in [-0.39, 0.29) is 44.4 Å². The fourth-order valence-corrected chi connectivity index (χ4v) is 4.69. The number of hydrogen-bond acceptors (Lipinski definition) is 5. The smallest absolute Gasteiger partial charge is 0.408 e. The lowest BCUT2D eigenvalue weighted by molar-refractivity contribution is -0.143. The predicted octanol–water partition coefficient (Wildman–Crippen LogP) is 4.03. The molecule has 0 fully saturated rings. The average molecular weight is 483 g/mol. The molecule has 1 atom stereocenters. The number of carbonyl (C=O) groups excluding carboxylic acids is 2. The van der Waals surface area contributed by atoms with E-state index in [2.05, 4.69) is 17.4 Å². The number of carboxylic acids is 1. The third kappa shape index (κ3) is 5.82. The molecule has 1 aliphatic carbocycles. The first-order chi connectivity index (χ1) is 16.9. The molecule has 0 saturated heterocycles. The van der Waals surface area contributed by atoms with Crippen molar-refractivity contribution < 1.29 is 29.0 Å². The zero-order chi connectivity index (χ0) is 25.4. The number of amides is 2. The Morgan fingerprint density at radius 2 is 1.60 bits per heavy atom. The summed E-state index contributed by atoms with van der Waals surface area (Å²) in [5.41, 5.74) is 3.09. The molecule has 8 nitrogen and oxygen atoms in total. The summed E-state index contributed by atoms with van der Waals surface area (Å²) in [5, 5.41) is 11.8. The number of fused-ring (bicyclic) bond motifs is 3. The minimum atomic E-state index is -1.36. The summed E-state index contributed by atoms with van der Waals surface area (Å²) in [5.74, 6) is -1.47. The molecule has 3 rings (SSSR count). The Hall–Kier alpha value is -3.39. The van der Waals surface area contributed by atoms with Gasteiger partial charge >= 0.3 is 12.1 Å². The first kappa shape index (κ1) is 26.2. The van der Waals surface area contributed by atoms with Crippen molar-refractivity contribution in [2.45, 2.75) is 44.6 Å². The second-order valence-electron chi connectivity index (χ2n) is 8.76. The highest BCUT2D eigenvalue weighted by atomic mass is 16.5. The monoisotopic (exact) mass is 482 g/mol. The Labute approximate surface area is 206 Å². The number of aliphatic carboxylic acids is 1. The lowest BCUT2D eigenvalue weighted by Gasteiger charge is -2.36. The minimum Gasteiger partial charge on any atom is -0.481 e. The summed E-state index contributed by atoms with van der Waals surface area (Å²) >= 11 is 0. The number of methoxy groups -OCH3 is 1. The highest BCUT2D eigenvalue weighted by molar-refractivity contribution is 5.90. The van der Waals surface area contributed by atoms with Crippen LogP contribution in [0.25, 0.3) is 11.1 Å². The average Bonchev–Trinajstić information content (AvgIpc) is 3.18. The number of alkyl carbamates (subject to hydrolysis) is 1. The molecule has 2 N–H and O–H groups in total. The van der Waals surface area contributed by atoms with Gasteiger partial charge in [0.05, 0.1) is 13.0 Å². The van der Waals surface area contributed by atoms with E-state index < -0.39 is 17.6 Å². The second kappa shape index (κ2) is 11.8. The van der Waals surface area contributed by atoms with Gasteiger partial charge in [-0.15, -0.1) is 0 Å². The number of nitrogens with one attached hydrogen (secondary N) is 1. The minimum absolute atomic E-state index is 0.0554. The fourth-order valence-electron chi connectivity index (χ4n) is 4.69. The van der Waals surface area contributed by atoms with E-state index >= 15 is 0 Å². The maximum atomic E-state index is 13.5. The van der Waals surface area contributed by atoms with Gasteiger partial charge in [0.1, 0.15) is 12.1 Å². The molecule has 8 heteroatoms. The van der Waals surface area contributed by atoms with Crippen molar-refractivity contribution in [3.63, 3.8) is 0 Å². The van der Waals surface area contributed by atoms with Gasteiger partial charge in [-0.1, -0.05) is 62.4 Å². The van der Waals surface area contributed by atoms with Crippen LogP contribution in [-0.2, 0) is 19.1 Å². The molecule has 0 aromatic heterocycles. The van der Waals surface area contributed by atoms with Crippen molar-refractivity contribution in [1.82, 2.24) is 10.2 Å². The molecular formula is C27H34N2O6. The Bertz CT molecular complexity index is 1010. The molecule has 0 heterocycles. The van der Waals surface area contributed by atoms with Gasteiger partial charge in [-0.2, -0.15) is 0 Å². The summed E-state index contributed by atoms with van der Waals surface area (Å²) in [7, 11) is 1.46. The summed E-state index contributed by atoms with van der Waals surface area (Å²) in [6.45, 7) is 4.19. The number of carbonyl (C=O) groups is 3. The Morgan fingerprint density at radius 3 is 2.11 bits per heavy atom. The highest BCUT2D eigenvalue weighted by Crippen LogP contribution is 2.44. The van der Waals surface area contributed by atoms with Crippen LogP contribution in [0, 0.1) is 0 Å². The predicted molar refractivity (Wildman–Crippen MR) is 132 cm³/mol. The zero-order valence-electron chi connectivity index (χ0n) is 20.6. The van der Waals surface area contributed by atoms with Crippen molar-refractivity contribution in [3.05, 3.63) is 59.7 Å². The van der Waals surface area contributed by atoms with Crippen LogP contribution in [-0.4, -0.2) is 66.9 Å². The second-order valence-corrected chi connectivity index (χ2v) is 8.76. The molecule has 2 amide bonds. The Kier molecular flexibility index (Phi) is 8.87. The van der Waals surface area contributed by atoms with Crippen molar-refractivity contribution in [2.75, 3.05) is 33.4 Å². The molecule has 0 spiro atoms. The lowest BCUT2D eigenvalue weighted by Crippen LogP contribution is -2.62. The summed E-state index contributed by atoms with van der Waals surface area (Å²) in [4.78, 5) is 39.0. The first-order valence-corrected chi connectivity index (χ1v) is 12.0. The van der Waals surface area contributed by atoms with Crippen molar-refractivity contribution in [3.8, 4) is 11.1 Å². The van der Waals surface area contributed by atoms with Crippen LogP contribution in [0.2, 0.25) is 0 Å². The molecule has 0 bridgehead atoms. The molecule has 1 unspecified atom stereocenters. The van der Waals surface area contributed by atoms with Gasteiger partial charge in [-0.25, -0.2) is 4.79 Å². The number of carboxylic acid groups (broad SMARTS) is 1. The van der Waals surface area contributed by atoms with Crippen LogP contribution >= 0.6 is 0 Å². The Balaban J connectivity index is 1.75. The van der Waals surface area contributed by atoms with Crippen LogP contribution in [0.4, 0.5) is 4.79 Å². The van der Waals surface area contributed by atoms with Gasteiger partial charge in [0.25, 0.3) is 5.91 Å². The standard InChI is InChI=1S/C27H34N2O6/c1-4-15-29(16-14-24(30)31)25(32)27(5-2,18-34-3)28-26(33)35-17-23-21-12-8-6-10-19(21)20-11-7-9-13-22(20)23/h6-13,23H,4-5,14-18H2,1-3H3,(H,28,33)(H,30,31). The van der Waals surface area contributed by atoms with Crippen LogP contribution in [0.1, 0.15) is 50.2 Å². The number of nitrogens with zero attached hydrogens (tertiary/aromatic N) is 1. The quantitative estimate of drug-likeness (QED) is 0.473. The number of hydrogen-bond donors (Lipinski definition) is 2. The van der Waals surface area contributed by atoms with Crippen molar-refractivity contribution >= 4 is 18.0 Å². The Morgan fingerprint density at radius 1 is 1.00 bits per heavy atom. The van der Waals surface area contributed by atoms with Crippen molar-refractivity contribution in [2.24, 2.45) is 0 Å².